The van der Waals surface area contributed by atoms with Crippen LogP contribution >= 0.6 is 0 Å². The summed E-state index contributed by atoms with van der Waals surface area (Å²) in [4.78, 5) is 13.1. The highest BCUT2D eigenvalue weighted by Gasteiger charge is 2.53. The average Bonchev–Trinajstić information content (AvgIpc) is 2.73. The first kappa shape index (κ1) is 13.1. The highest BCUT2D eigenvalue weighted by atomic mass is 16.1. The summed E-state index contributed by atoms with van der Waals surface area (Å²) >= 11 is 0. The van der Waals surface area contributed by atoms with E-state index in [1.807, 2.05) is 36.4 Å². The van der Waals surface area contributed by atoms with Crippen LogP contribution in [0, 0.1) is 5.41 Å². The Hall–Kier alpha value is -1.89. The van der Waals surface area contributed by atoms with Crippen molar-refractivity contribution in [1.82, 2.24) is 0 Å². The van der Waals surface area contributed by atoms with Crippen LogP contribution in [0.4, 0.5) is 0 Å². The molecule has 1 aliphatic carbocycles. The minimum atomic E-state index is -0.466. The monoisotopic (exact) mass is 264 g/mol. The third-order valence-electron chi connectivity index (χ3n) is 4.66. The zero-order valence-electron chi connectivity index (χ0n) is 12.1. The summed E-state index contributed by atoms with van der Waals surface area (Å²) in [5, 5.41) is 0. The van der Waals surface area contributed by atoms with Crippen molar-refractivity contribution in [2.45, 2.75) is 32.1 Å². The molecule has 102 valence electrons. The third kappa shape index (κ3) is 1.81. The molecule has 0 atom stereocenters. The number of carbonyl (C=O) groups excluding carboxylic acids is 1. The third-order valence-corrected chi connectivity index (χ3v) is 4.66. The van der Waals surface area contributed by atoms with Gasteiger partial charge in [0.15, 0.2) is 5.78 Å². The van der Waals surface area contributed by atoms with E-state index in [9.17, 15) is 4.79 Å². The van der Waals surface area contributed by atoms with Gasteiger partial charge in [-0.15, -0.1) is 0 Å². The molecule has 0 aliphatic heterocycles. The lowest BCUT2D eigenvalue weighted by Gasteiger charge is -2.31. The van der Waals surface area contributed by atoms with Crippen LogP contribution in [-0.2, 0) is 10.2 Å². The molecule has 1 fully saturated rings. The summed E-state index contributed by atoms with van der Waals surface area (Å²) in [7, 11) is 0. The molecule has 1 saturated carbocycles. The number of carbonyl (C=O) groups is 1. The van der Waals surface area contributed by atoms with Gasteiger partial charge >= 0.3 is 0 Å². The lowest BCUT2D eigenvalue weighted by molar-refractivity contribution is -0.127. The molecule has 0 bridgehead atoms. The smallest absolute Gasteiger partial charge is 0.153 e. The largest absolute Gasteiger partial charge is 0.298 e. The Kier molecular flexibility index (Phi) is 3.01. The van der Waals surface area contributed by atoms with Gasteiger partial charge < -0.3 is 0 Å². The Labute approximate surface area is 120 Å². The van der Waals surface area contributed by atoms with Gasteiger partial charge in [0, 0.05) is 5.41 Å². The van der Waals surface area contributed by atoms with Gasteiger partial charge in [0.1, 0.15) is 0 Å². The van der Waals surface area contributed by atoms with Gasteiger partial charge in [0.2, 0.25) is 0 Å². The van der Waals surface area contributed by atoms with Gasteiger partial charge in [-0.05, 0) is 24.0 Å². The Bertz CT molecular complexity index is 571. The first-order valence-electron chi connectivity index (χ1n) is 7.23. The fourth-order valence-electron chi connectivity index (χ4n) is 3.47. The topological polar surface area (TPSA) is 17.1 Å². The zero-order valence-corrected chi connectivity index (χ0v) is 12.1. The van der Waals surface area contributed by atoms with Gasteiger partial charge in [-0.3, -0.25) is 4.79 Å². The maximum atomic E-state index is 13.1. The van der Waals surface area contributed by atoms with Crippen molar-refractivity contribution in [2.75, 3.05) is 0 Å². The molecule has 0 amide bonds. The predicted octanol–water partition coefficient (Wildman–Crippen LogP) is 4.36. The summed E-state index contributed by atoms with van der Waals surface area (Å²) in [6.45, 7) is 4.14. The van der Waals surface area contributed by atoms with Crippen LogP contribution in [0.3, 0.4) is 0 Å². The predicted molar refractivity (Wildman–Crippen MR) is 81.7 cm³/mol. The average molecular weight is 264 g/mol. The van der Waals surface area contributed by atoms with Crippen molar-refractivity contribution < 1.29 is 4.79 Å². The van der Waals surface area contributed by atoms with E-state index in [0.29, 0.717) is 5.78 Å². The Morgan fingerprint density at radius 1 is 0.750 bits per heavy atom. The quantitative estimate of drug-likeness (QED) is 0.787. The molecule has 0 spiro atoms. The van der Waals surface area contributed by atoms with Crippen LogP contribution in [-0.4, -0.2) is 5.78 Å². The van der Waals surface area contributed by atoms with Crippen LogP contribution in [0.15, 0.2) is 60.7 Å². The summed E-state index contributed by atoms with van der Waals surface area (Å²) < 4.78 is 0. The Morgan fingerprint density at radius 3 is 1.55 bits per heavy atom. The van der Waals surface area contributed by atoms with Crippen LogP contribution in [0.25, 0.3) is 0 Å². The second-order valence-electron chi connectivity index (χ2n) is 6.35. The lowest BCUT2D eigenvalue weighted by atomic mass is 9.70. The molecule has 1 nitrogen and oxygen atoms in total. The Morgan fingerprint density at radius 2 is 1.20 bits per heavy atom. The minimum Gasteiger partial charge on any atom is -0.298 e. The van der Waals surface area contributed by atoms with Gasteiger partial charge in [-0.2, -0.15) is 0 Å². The normalized spacial score (nSPS) is 20.0. The van der Waals surface area contributed by atoms with Crippen molar-refractivity contribution in [3.8, 4) is 0 Å². The van der Waals surface area contributed by atoms with Gasteiger partial charge in [0.05, 0.1) is 5.41 Å². The molecule has 0 saturated heterocycles. The standard InChI is InChI=1S/C19H20O/c1-18(2)13-14-19(17(18)20,15-9-5-3-6-10-15)16-11-7-4-8-12-16/h3-12H,13-14H2,1-2H3. The zero-order chi connectivity index (χ0) is 14.2. The molecule has 0 radical (unpaired) electrons. The first-order chi connectivity index (χ1) is 9.57. The molecule has 2 aromatic rings. The second-order valence-corrected chi connectivity index (χ2v) is 6.35. The molecular weight excluding hydrogens is 244 g/mol. The second kappa shape index (κ2) is 4.59. The van der Waals surface area contributed by atoms with E-state index in [2.05, 4.69) is 38.1 Å². The molecule has 1 aliphatic rings. The van der Waals surface area contributed by atoms with E-state index >= 15 is 0 Å². The maximum Gasteiger partial charge on any atom is 0.153 e. The van der Waals surface area contributed by atoms with Gasteiger partial charge in [-0.25, -0.2) is 0 Å². The summed E-state index contributed by atoms with van der Waals surface area (Å²) in [6.07, 6.45) is 1.84. The van der Waals surface area contributed by atoms with Gasteiger partial charge in [0.25, 0.3) is 0 Å². The number of Topliss-reactive ketones (excluding diaryl/α,β-unsaturated/α-hetero) is 1. The van der Waals surface area contributed by atoms with E-state index in [1.165, 1.54) is 0 Å². The number of benzene rings is 2. The molecule has 3 rings (SSSR count). The van der Waals surface area contributed by atoms with Crippen molar-refractivity contribution in [3.05, 3.63) is 71.8 Å². The highest BCUT2D eigenvalue weighted by molar-refractivity contribution is 5.99. The highest BCUT2D eigenvalue weighted by Crippen LogP contribution is 2.51. The molecule has 0 aromatic heterocycles. The summed E-state index contributed by atoms with van der Waals surface area (Å²) in [5.74, 6) is 0.349. The van der Waals surface area contributed by atoms with Gasteiger partial charge in [-0.1, -0.05) is 74.5 Å². The van der Waals surface area contributed by atoms with Crippen molar-refractivity contribution >= 4 is 5.78 Å². The first-order valence-corrected chi connectivity index (χ1v) is 7.23. The number of ketones is 1. The molecular formula is C19H20O. The van der Waals surface area contributed by atoms with E-state index < -0.39 is 5.41 Å². The van der Waals surface area contributed by atoms with Crippen LogP contribution in [0.2, 0.25) is 0 Å². The molecule has 20 heavy (non-hydrogen) atoms. The number of rotatable bonds is 2. The fourth-order valence-corrected chi connectivity index (χ4v) is 3.47. The number of hydrogen-bond donors (Lipinski definition) is 0. The lowest BCUT2D eigenvalue weighted by Crippen LogP contribution is -2.37. The molecule has 0 N–H and O–H groups in total. The van der Waals surface area contributed by atoms with E-state index in [-0.39, 0.29) is 5.41 Å². The molecule has 0 heterocycles. The van der Waals surface area contributed by atoms with Crippen LogP contribution in [0.5, 0.6) is 0 Å². The van der Waals surface area contributed by atoms with Crippen LogP contribution in [0.1, 0.15) is 37.8 Å². The van der Waals surface area contributed by atoms with Crippen molar-refractivity contribution in [1.29, 1.82) is 0 Å². The summed E-state index contributed by atoms with van der Waals surface area (Å²) in [6, 6.07) is 20.5. The minimum absolute atomic E-state index is 0.244. The molecule has 1 heteroatoms. The van der Waals surface area contributed by atoms with E-state index in [0.717, 1.165) is 24.0 Å². The van der Waals surface area contributed by atoms with Crippen molar-refractivity contribution in [3.63, 3.8) is 0 Å². The molecule has 0 unspecified atom stereocenters. The van der Waals surface area contributed by atoms with E-state index in [1.54, 1.807) is 0 Å². The SMILES string of the molecule is CC1(C)CCC(c2ccccc2)(c2ccccc2)C1=O. The van der Waals surface area contributed by atoms with Crippen LogP contribution < -0.4 is 0 Å². The summed E-state index contributed by atoms with van der Waals surface area (Å²) in [5.41, 5.74) is 1.54. The fraction of sp³-hybridized carbons (Fsp3) is 0.316. The maximum absolute atomic E-state index is 13.1. The van der Waals surface area contributed by atoms with Crippen molar-refractivity contribution in [2.24, 2.45) is 5.41 Å². The number of hydrogen-bond acceptors (Lipinski definition) is 1. The Balaban J connectivity index is 2.23. The molecule has 2 aromatic carbocycles. The van der Waals surface area contributed by atoms with E-state index in [4.69, 9.17) is 0 Å².